The number of hydrogen-bond acceptors (Lipinski definition) is 4. The average Bonchev–Trinajstić information content (AvgIpc) is 3.01. The van der Waals surface area contributed by atoms with Gasteiger partial charge in [0.2, 0.25) is 5.91 Å². The number of amides is 1. The second-order valence-electron chi connectivity index (χ2n) is 7.84. The van der Waals surface area contributed by atoms with Gasteiger partial charge >= 0.3 is 6.18 Å². The van der Waals surface area contributed by atoms with Crippen molar-refractivity contribution >= 4 is 15.7 Å². The molecular formula is C20H27F3N2O3S. The van der Waals surface area contributed by atoms with Crippen molar-refractivity contribution in [2.45, 2.75) is 50.9 Å². The summed E-state index contributed by atoms with van der Waals surface area (Å²) in [5.74, 6) is 0.00209. The van der Waals surface area contributed by atoms with E-state index in [9.17, 15) is 26.4 Å². The average molecular weight is 433 g/mol. The third kappa shape index (κ3) is 5.31. The van der Waals surface area contributed by atoms with E-state index < -0.39 is 21.6 Å². The minimum atomic E-state index is -4.37. The molecule has 0 radical (unpaired) electrons. The second-order valence-corrected chi connectivity index (χ2v) is 10.1. The molecule has 0 spiro atoms. The molecule has 0 saturated carbocycles. The minimum Gasteiger partial charge on any atom is -0.338 e. The van der Waals surface area contributed by atoms with Crippen LogP contribution in [0, 0.1) is 0 Å². The summed E-state index contributed by atoms with van der Waals surface area (Å²) in [6, 6.07) is 4.78. The van der Waals surface area contributed by atoms with Crippen LogP contribution in [0.1, 0.15) is 49.8 Å². The maximum Gasteiger partial charge on any atom is 0.416 e. The molecule has 2 atom stereocenters. The van der Waals surface area contributed by atoms with Crippen LogP contribution in [-0.2, 0) is 20.8 Å². The van der Waals surface area contributed by atoms with E-state index in [1.54, 1.807) is 4.90 Å². The largest absolute Gasteiger partial charge is 0.416 e. The van der Waals surface area contributed by atoms with Crippen LogP contribution in [0.3, 0.4) is 0 Å². The van der Waals surface area contributed by atoms with Gasteiger partial charge in [-0.2, -0.15) is 13.2 Å². The predicted octanol–water partition coefficient (Wildman–Crippen LogP) is 3.27. The van der Waals surface area contributed by atoms with E-state index in [2.05, 4.69) is 0 Å². The summed E-state index contributed by atoms with van der Waals surface area (Å²) < 4.78 is 62.1. The van der Waals surface area contributed by atoms with Crippen molar-refractivity contribution in [3.05, 3.63) is 35.4 Å². The fourth-order valence-electron chi connectivity index (χ4n) is 4.38. The fourth-order valence-corrected chi connectivity index (χ4v) is 6.11. The van der Waals surface area contributed by atoms with Crippen LogP contribution in [0.5, 0.6) is 0 Å². The number of rotatable bonds is 5. The maximum atomic E-state index is 12.9. The van der Waals surface area contributed by atoms with Crippen molar-refractivity contribution in [1.82, 2.24) is 9.80 Å². The van der Waals surface area contributed by atoms with E-state index in [-0.39, 0.29) is 36.0 Å². The number of alkyl halides is 3. The molecule has 29 heavy (non-hydrogen) atoms. The second kappa shape index (κ2) is 8.63. The molecule has 0 unspecified atom stereocenters. The minimum absolute atomic E-state index is 0.00884. The highest BCUT2D eigenvalue weighted by molar-refractivity contribution is 7.91. The first-order valence-corrected chi connectivity index (χ1v) is 11.8. The molecule has 9 heteroatoms. The third-order valence-electron chi connectivity index (χ3n) is 5.89. The van der Waals surface area contributed by atoms with Crippen LogP contribution >= 0.6 is 0 Å². The lowest BCUT2D eigenvalue weighted by Crippen LogP contribution is -2.47. The number of sulfone groups is 1. The van der Waals surface area contributed by atoms with Gasteiger partial charge in [0.15, 0.2) is 9.84 Å². The van der Waals surface area contributed by atoms with Gasteiger partial charge in [0.25, 0.3) is 0 Å². The number of likely N-dealkylation sites (N-methyl/N-ethyl adjacent to an activating group) is 1. The maximum absolute atomic E-state index is 12.9. The Morgan fingerprint density at radius 1 is 1.17 bits per heavy atom. The lowest BCUT2D eigenvalue weighted by molar-refractivity contribution is -0.137. The van der Waals surface area contributed by atoms with E-state index in [1.807, 2.05) is 11.8 Å². The summed E-state index contributed by atoms with van der Waals surface area (Å²) in [7, 11) is -3.09. The van der Waals surface area contributed by atoms with Crippen LogP contribution in [0.4, 0.5) is 13.2 Å². The number of hydrogen-bond donors (Lipinski definition) is 0. The van der Waals surface area contributed by atoms with Crippen molar-refractivity contribution < 1.29 is 26.4 Å². The number of nitrogens with zero attached hydrogens (tertiary/aromatic N) is 2. The molecule has 2 heterocycles. The number of piperidine rings is 1. The van der Waals surface area contributed by atoms with Crippen molar-refractivity contribution in [3.63, 3.8) is 0 Å². The molecular weight excluding hydrogens is 405 g/mol. The highest BCUT2D eigenvalue weighted by Gasteiger charge is 2.36. The Hall–Kier alpha value is -1.61. The SMILES string of the molecule is CCN(C(=O)CN1CCCC[C@H]1c1ccc(C(F)(F)F)cc1)[C@H]1CCS(=O)(=O)C1. The Morgan fingerprint density at radius 2 is 1.86 bits per heavy atom. The molecule has 1 amide bonds. The third-order valence-corrected chi connectivity index (χ3v) is 7.64. The highest BCUT2D eigenvalue weighted by Crippen LogP contribution is 2.34. The van der Waals surface area contributed by atoms with Crippen LogP contribution in [-0.4, -0.2) is 61.3 Å². The Balaban J connectivity index is 1.71. The zero-order valence-corrected chi connectivity index (χ0v) is 17.3. The number of halogens is 3. The van der Waals surface area contributed by atoms with Crippen LogP contribution in [0.2, 0.25) is 0 Å². The quantitative estimate of drug-likeness (QED) is 0.717. The van der Waals surface area contributed by atoms with Gasteiger partial charge in [0.05, 0.1) is 23.6 Å². The van der Waals surface area contributed by atoms with Crippen molar-refractivity contribution in [2.24, 2.45) is 0 Å². The summed E-state index contributed by atoms with van der Waals surface area (Å²) in [6.45, 7) is 3.12. The first kappa shape index (κ1) is 22.1. The summed E-state index contributed by atoms with van der Waals surface area (Å²) >= 11 is 0. The number of likely N-dealkylation sites (tertiary alicyclic amines) is 1. The Bertz CT molecular complexity index is 824. The molecule has 162 valence electrons. The predicted molar refractivity (Wildman–Crippen MR) is 104 cm³/mol. The Morgan fingerprint density at radius 3 is 2.41 bits per heavy atom. The van der Waals surface area contributed by atoms with Gasteiger partial charge < -0.3 is 4.90 Å². The van der Waals surface area contributed by atoms with E-state index in [4.69, 9.17) is 0 Å². The first-order chi connectivity index (χ1) is 13.6. The highest BCUT2D eigenvalue weighted by atomic mass is 32.2. The van der Waals surface area contributed by atoms with Crippen molar-refractivity contribution in [2.75, 3.05) is 31.1 Å². The van der Waals surface area contributed by atoms with Crippen LogP contribution < -0.4 is 0 Å². The molecule has 0 aliphatic carbocycles. The lowest BCUT2D eigenvalue weighted by atomic mass is 9.94. The van der Waals surface area contributed by atoms with Gasteiger partial charge in [-0.3, -0.25) is 9.69 Å². The van der Waals surface area contributed by atoms with E-state index in [0.717, 1.165) is 37.0 Å². The molecule has 0 N–H and O–H groups in total. The normalized spacial score (nSPS) is 25.1. The van der Waals surface area contributed by atoms with Gasteiger partial charge in [-0.15, -0.1) is 0 Å². The standard InChI is InChI=1S/C20H27F3N2O3S/c1-2-25(17-10-12-29(27,28)14-17)19(26)13-24-11-4-3-5-18(24)15-6-8-16(9-7-15)20(21,22)23/h6-9,17-18H,2-5,10-14H2,1H3/t17-,18-/m0/s1. The number of carbonyl (C=O) groups is 1. The summed E-state index contributed by atoms with van der Waals surface area (Å²) in [5, 5.41) is 0. The fraction of sp³-hybridized carbons (Fsp3) is 0.650. The van der Waals surface area contributed by atoms with Crippen LogP contribution in [0.25, 0.3) is 0 Å². The molecule has 0 aromatic heterocycles. The summed E-state index contributed by atoms with van der Waals surface area (Å²) in [5.41, 5.74) is 0.0938. The van der Waals surface area contributed by atoms with Gasteiger partial charge in [0.1, 0.15) is 0 Å². The summed E-state index contributed by atoms with van der Waals surface area (Å²) in [4.78, 5) is 16.6. The molecule has 2 saturated heterocycles. The van der Waals surface area contributed by atoms with E-state index >= 15 is 0 Å². The first-order valence-electron chi connectivity index (χ1n) is 10.0. The van der Waals surface area contributed by atoms with Gasteiger partial charge in [-0.25, -0.2) is 8.42 Å². The molecule has 1 aromatic carbocycles. The monoisotopic (exact) mass is 432 g/mol. The Kier molecular flexibility index (Phi) is 6.57. The molecule has 2 fully saturated rings. The molecule has 1 aromatic rings. The molecule has 2 aliphatic heterocycles. The topological polar surface area (TPSA) is 57.7 Å². The van der Waals surface area contributed by atoms with Gasteiger partial charge in [-0.1, -0.05) is 18.6 Å². The zero-order valence-electron chi connectivity index (χ0n) is 16.5. The zero-order chi connectivity index (χ0) is 21.2. The molecule has 2 aliphatic rings. The summed E-state index contributed by atoms with van der Waals surface area (Å²) in [6.07, 6.45) is -1.25. The molecule has 5 nitrogen and oxygen atoms in total. The smallest absolute Gasteiger partial charge is 0.338 e. The van der Waals surface area contributed by atoms with E-state index in [0.29, 0.717) is 19.5 Å². The van der Waals surface area contributed by atoms with Crippen molar-refractivity contribution in [1.29, 1.82) is 0 Å². The molecule has 3 rings (SSSR count). The van der Waals surface area contributed by atoms with Gasteiger partial charge in [0, 0.05) is 18.6 Å². The lowest BCUT2D eigenvalue weighted by Gasteiger charge is -2.37. The number of benzene rings is 1. The van der Waals surface area contributed by atoms with Gasteiger partial charge in [-0.05, 0) is 50.4 Å². The Labute approximate surface area is 169 Å². The molecule has 0 bridgehead atoms. The number of carbonyl (C=O) groups excluding carboxylic acids is 1. The van der Waals surface area contributed by atoms with E-state index in [1.165, 1.54) is 12.1 Å². The van der Waals surface area contributed by atoms with Crippen molar-refractivity contribution in [3.8, 4) is 0 Å². The van der Waals surface area contributed by atoms with Crippen LogP contribution in [0.15, 0.2) is 24.3 Å².